The molecule has 2 amide bonds. The number of primary amides is 1. The molecule has 0 atom stereocenters. The van der Waals surface area contributed by atoms with Crippen LogP contribution in [0.5, 0.6) is 0 Å². The number of hydrogen-bond donors (Lipinski definition) is 2. The summed E-state index contributed by atoms with van der Waals surface area (Å²) in [5, 5.41) is 13.2. The lowest BCUT2D eigenvalue weighted by Crippen LogP contribution is -2.65. The molecule has 0 unspecified atom stereocenters. The van der Waals surface area contributed by atoms with Gasteiger partial charge in [0.1, 0.15) is 16.8 Å². The van der Waals surface area contributed by atoms with Crippen LogP contribution in [0.2, 0.25) is 0 Å². The van der Waals surface area contributed by atoms with Gasteiger partial charge in [-0.25, -0.2) is 4.79 Å². The summed E-state index contributed by atoms with van der Waals surface area (Å²) in [6.45, 7) is 5.52. The molecule has 1 aliphatic heterocycles. The van der Waals surface area contributed by atoms with Crippen LogP contribution in [0, 0.1) is 0 Å². The van der Waals surface area contributed by atoms with Crippen molar-refractivity contribution >= 4 is 18.0 Å². The Morgan fingerprint density at radius 1 is 1.39 bits per heavy atom. The maximum atomic E-state index is 12.0. The van der Waals surface area contributed by atoms with Gasteiger partial charge in [0.2, 0.25) is 0 Å². The van der Waals surface area contributed by atoms with E-state index in [1.54, 1.807) is 20.8 Å². The molecular formula is C14H20N4O5. The average Bonchev–Trinajstić information content (AvgIpc) is 2.80. The molecule has 3 N–H and O–H groups in total. The Hall–Kier alpha value is -2.58. The second-order valence-corrected chi connectivity index (χ2v) is 6.64. The van der Waals surface area contributed by atoms with Crippen LogP contribution in [-0.4, -0.2) is 56.4 Å². The van der Waals surface area contributed by atoms with Crippen molar-refractivity contribution in [1.82, 2.24) is 14.7 Å². The number of carboxylic acid groups (broad SMARTS) is 1. The second kappa shape index (κ2) is 5.56. The van der Waals surface area contributed by atoms with Crippen LogP contribution in [0.1, 0.15) is 37.7 Å². The second-order valence-electron chi connectivity index (χ2n) is 6.64. The van der Waals surface area contributed by atoms with Gasteiger partial charge in [0.15, 0.2) is 0 Å². The van der Waals surface area contributed by atoms with E-state index < -0.39 is 29.1 Å². The van der Waals surface area contributed by atoms with Crippen molar-refractivity contribution in [2.45, 2.75) is 38.3 Å². The van der Waals surface area contributed by atoms with Gasteiger partial charge in [0.05, 0.1) is 19.5 Å². The van der Waals surface area contributed by atoms with E-state index in [-0.39, 0.29) is 25.2 Å². The third kappa shape index (κ3) is 3.61. The van der Waals surface area contributed by atoms with E-state index in [1.807, 2.05) is 0 Å². The third-order valence-corrected chi connectivity index (χ3v) is 3.43. The summed E-state index contributed by atoms with van der Waals surface area (Å²) < 4.78 is 6.65. The van der Waals surface area contributed by atoms with E-state index in [1.165, 1.54) is 21.8 Å². The largest absolute Gasteiger partial charge is 0.481 e. The first-order valence-corrected chi connectivity index (χ1v) is 7.08. The van der Waals surface area contributed by atoms with Crippen molar-refractivity contribution < 1.29 is 24.2 Å². The lowest BCUT2D eigenvalue weighted by molar-refractivity contribution is -0.143. The molecule has 2 rings (SSSR count). The molecule has 0 bridgehead atoms. The number of carbonyl (C=O) groups is 3. The molecule has 0 spiro atoms. The molecule has 0 aromatic carbocycles. The number of ether oxygens (including phenoxy) is 1. The van der Waals surface area contributed by atoms with Crippen molar-refractivity contribution in [1.29, 1.82) is 0 Å². The van der Waals surface area contributed by atoms with Crippen molar-refractivity contribution in [3.63, 3.8) is 0 Å². The van der Waals surface area contributed by atoms with E-state index in [0.717, 1.165) is 0 Å². The molecule has 1 aromatic heterocycles. The minimum Gasteiger partial charge on any atom is -0.481 e. The number of nitrogens with two attached hydrogens (primary N) is 1. The van der Waals surface area contributed by atoms with Crippen molar-refractivity contribution in [3.05, 3.63) is 18.0 Å². The van der Waals surface area contributed by atoms with Crippen LogP contribution in [0.3, 0.4) is 0 Å². The van der Waals surface area contributed by atoms with Crippen LogP contribution < -0.4 is 5.73 Å². The maximum Gasteiger partial charge on any atom is 0.410 e. The van der Waals surface area contributed by atoms with Gasteiger partial charge in [-0.15, -0.1) is 0 Å². The van der Waals surface area contributed by atoms with Crippen molar-refractivity contribution in [2.24, 2.45) is 5.73 Å². The highest BCUT2D eigenvalue weighted by atomic mass is 16.6. The zero-order valence-electron chi connectivity index (χ0n) is 13.3. The fourth-order valence-electron chi connectivity index (χ4n) is 2.46. The summed E-state index contributed by atoms with van der Waals surface area (Å²) in [4.78, 5) is 35.7. The number of nitrogens with zero attached hydrogens (tertiary/aromatic N) is 3. The highest BCUT2D eigenvalue weighted by Gasteiger charge is 2.50. The highest BCUT2D eigenvalue weighted by Crippen LogP contribution is 2.33. The Labute approximate surface area is 133 Å². The van der Waals surface area contributed by atoms with E-state index in [0.29, 0.717) is 0 Å². The summed E-state index contributed by atoms with van der Waals surface area (Å²) in [7, 11) is 0. The monoisotopic (exact) mass is 324 g/mol. The predicted octanol–water partition coefficient (Wildman–Crippen LogP) is 0.403. The number of carbonyl (C=O) groups excluding carboxylic acids is 2. The molecule has 126 valence electrons. The average molecular weight is 324 g/mol. The quantitative estimate of drug-likeness (QED) is 0.825. The van der Waals surface area contributed by atoms with E-state index in [4.69, 9.17) is 15.6 Å². The first-order chi connectivity index (χ1) is 10.5. The van der Waals surface area contributed by atoms with E-state index in [9.17, 15) is 14.4 Å². The van der Waals surface area contributed by atoms with Crippen LogP contribution in [0.25, 0.3) is 0 Å². The standard InChI is InChI=1S/C14H20N4O5/c1-13(2,3)23-12(22)17-7-14(8-17,6-10(19)20)18-5-4-9(16-18)11(15)21/h4-5H,6-8H2,1-3H3,(H2,15,21)(H,19,20). The molecule has 1 fully saturated rings. The van der Waals surface area contributed by atoms with Crippen LogP contribution >= 0.6 is 0 Å². The smallest absolute Gasteiger partial charge is 0.410 e. The number of likely N-dealkylation sites (tertiary alicyclic amines) is 1. The van der Waals surface area contributed by atoms with Gasteiger partial charge in [-0.2, -0.15) is 5.10 Å². The van der Waals surface area contributed by atoms with E-state index in [2.05, 4.69) is 5.10 Å². The van der Waals surface area contributed by atoms with Gasteiger partial charge < -0.3 is 20.5 Å². The molecule has 2 heterocycles. The van der Waals surface area contributed by atoms with Crippen LogP contribution in [-0.2, 0) is 15.1 Å². The minimum atomic E-state index is -1.02. The Morgan fingerprint density at radius 2 is 2.00 bits per heavy atom. The predicted molar refractivity (Wildman–Crippen MR) is 78.8 cm³/mol. The molecule has 1 saturated heterocycles. The molecular weight excluding hydrogens is 304 g/mol. The zero-order valence-corrected chi connectivity index (χ0v) is 13.3. The Morgan fingerprint density at radius 3 is 2.43 bits per heavy atom. The lowest BCUT2D eigenvalue weighted by Gasteiger charge is -2.49. The molecule has 9 nitrogen and oxygen atoms in total. The molecule has 0 aliphatic carbocycles. The number of amides is 2. The van der Waals surface area contributed by atoms with Gasteiger partial charge in [0, 0.05) is 6.20 Å². The number of carboxylic acids is 1. The fraction of sp³-hybridized carbons (Fsp3) is 0.571. The molecule has 9 heteroatoms. The summed E-state index contributed by atoms with van der Waals surface area (Å²) in [6.07, 6.45) is 0.752. The van der Waals surface area contributed by atoms with Gasteiger partial charge in [0.25, 0.3) is 5.91 Å². The zero-order chi connectivity index (χ0) is 17.4. The number of aromatic nitrogens is 2. The van der Waals surface area contributed by atoms with Gasteiger partial charge in [-0.05, 0) is 26.8 Å². The molecule has 0 radical (unpaired) electrons. The van der Waals surface area contributed by atoms with Gasteiger partial charge in [-0.1, -0.05) is 0 Å². The number of aliphatic carboxylic acids is 1. The summed E-state index contributed by atoms with van der Waals surface area (Å²) in [5.41, 5.74) is 3.67. The Kier molecular flexibility index (Phi) is 4.06. The first-order valence-electron chi connectivity index (χ1n) is 7.08. The van der Waals surface area contributed by atoms with Crippen molar-refractivity contribution in [2.75, 3.05) is 13.1 Å². The molecule has 0 saturated carbocycles. The van der Waals surface area contributed by atoms with Crippen LogP contribution in [0.15, 0.2) is 12.3 Å². The van der Waals surface area contributed by atoms with Crippen LogP contribution in [0.4, 0.5) is 4.79 Å². The third-order valence-electron chi connectivity index (χ3n) is 3.43. The van der Waals surface area contributed by atoms with E-state index >= 15 is 0 Å². The lowest BCUT2D eigenvalue weighted by atomic mass is 9.86. The summed E-state index contributed by atoms with van der Waals surface area (Å²) in [6, 6.07) is 1.42. The number of rotatable bonds is 4. The van der Waals surface area contributed by atoms with Gasteiger partial charge >= 0.3 is 12.1 Å². The normalized spacial score (nSPS) is 16.6. The topological polar surface area (TPSA) is 128 Å². The molecule has 1 aromatic rings. The SMILES string of the molecule is CC(C)(C)OC(=O)N1CC(CC(=O)O)(n2ccc(C(N)=O)n2)C1. The summed E-state index contributed by atoms with van der Waals surface area (Å²) >= 11 is 0. The number of hydrogen-bond acceptors (Lipinski definition) is 5. The Balaban J connectivity index is 2.16. The summed E-state index contributed by atoms with van der Waals surface area (Å²) in [5.74, 6) is -1.72. The minimum absolute atomic E-state index is 0.0467. The first kappa shape index (κ1) is 16.8. The van der Waals surface area contributed by atoms with Gasteiger partial charge in [-0.3, -0.25) is 14.3 Å². The Bertz CT molecular complexity index is 640. The fourth-order valence-corrected chi connectivity index (χ4v) is 2.46. The molecule has 1 aliphatic rings. The molecule has 23 heavy (non-hydrogen) atoms. The van der Waals surface area contributed by atoms with Crippen molar-refractivity contribution in [3.8, 4) is 0 Å². The highest BCUT2D eigenvalue weighted by molar-refractivity contribution is 5.90. The maximum absolute atomic E-state index is 12.0.